The van der Waals surface area contributed by atoms with E-state index in [0.717, 1.165) is 16.5 Å². The van der Waals surface area contributed by atoms with Crippen molar-refractivity contribution in [1.29, 1.82) is 5.26 Å². The van der Waals surface area contributed by atoms with Gasteiger partial charge in [0.05, 0.1) is 10.9 Å². The summed E-state index contributed by atoms with van der Waals surface area (Å²) in [4.78, 5) is 12.2. The van der Waals surface area contributed by atoms with Crippen LogP contribution < -0.4 is 0 Å². The van der Waals surface area contributed by atoms with Crippen molar-refractivity contribution in [3.05, 3.63) is 29.6 Å². The summed E-state index contributed by atoms with van der Waals surface area (Å²) in [5.41, 5.74) is 1.79. The maximum Gasteiger partial charge on any atom is 0.234 e. The van der Waals surface area contributed by atoms with Crippen molar-refractivity contribution in [1.82, 2.24) is 9.97 Å². The monoisotopic (exact) mass is 180 g/mol. The molecule has 0 N–H and O–H groups in total. The van der Waals surface area contributed by atoms with Crippen molar-refractivity contribution < 1.29 is 0 Å². The van der Waals surface area contributed by atoms with Gasteiger partial charge in [0.25, 0.3) is 0 Å². The lowest BCUT2D eigenvalue weighted by Crippen LogP contribution is -1.90. The van der Waals surface area contributed by atoms with Crippen LogP contribution in [0.5, 0.6) is 0 Å². The Balaban J connectivity index is 2.54. The highest BCUT2D eigenvalue weighted by molar-refractivity contribution is 6.08. The Hall–Kier alpha value is -2.28. The fourth-order valence-corrected chi connectivity index (χ4v) is 1.57. The highest BCUT2D eigenvalue weighted by Crippen LogP contribution is 2.29. The fourth-order valence-electron chi connectivity index (χ4n) is 1.57. The number of benzene rings is 1. The predicted octanol–water partition coefficient (Wildman–Crippen LogP) is 1.57. The molecule has 0 saturated carbocycles. The van der Waals surface area contributed by atoms with Crippen LogP contribution >= 0.6 is 0 Å². The standard InChI is InChI=1S/C10H4N4/c11-4-8-13-7-3-1-2-6-5-12-10(14-8)9(6)7/h1-3,5H. The molecule has 2 heterocycles. The van der Waals surface area contributed by atoms with E-state index in [-0.39, 0.29) is 5.82 Å². The van der Waals surface area contributed by atoms with Gasteiger partial charge in [0, 0.05) is 11.8 Å². The first-order chi connectivity index (χ1) is 6.88. The van der Waals surface area contributed by atoms with Gasteiger partial charge in [-0.1, -0.05) is 12.1 Å². The molecule has 0 radical (unpaired) electrons. The number of hydrogen-bond donors (Lipinski definition) is 0. The summed E-state index contributed by atoms with van der Waals surface area (Å²) in [7, 11) is 0. The summed E-state index contributed by atoms with van der Waals surface area (Å²) >= 11 is 0. The fraction of sp³-hybridized carbons (Fsp3) is 0. The molecule has 0 bridgehead atoms. The van der Waals surface area contributed by atoms with E-state index in [0.29, 0.717) is 5.82 Å². The molecule has 4 heteroatoms. The minimum Gasteiger partial charge on any atom is -0.236 e. The second kappa shape index (κ2) is 2.36. The van der Waals surface area contributed by atoms with E-state index in [9.17, 15) is 0 Å². The third-order valence-electron chi connectivity index (χ3n) is 2.16. The third kappa shape index (κ3) is 0.783. The average molecular weight is 180 g/mol. The smallest absolute Gasteiger partial charge is 0.234 e. The van der Waals surface area contributed by atoms with Gasteiger partial charge in [0.2, 0.25) is 5.82 Å². The van der Waals surface area contributed by atoms with Crippen molar-refractivity contribution in [2.75, 3.05) is 0 Å². The summed E-state index contributed by atoms with van der Waals surface area (Å²) in [6, 6.07) is 7.63. The van der Waals surface area contributed by atoms with Crippen LogP contribution in [0.15, 0.2) is 23.2 Å². The van der Waals surface area contributed by atoms with E-state index in [1.54, 1.807) is 6.21 Å². The highest BCUT2D eigenvalue weighted by Gasteiger charge is 2.13. The van der Waals surface area contributed by atoms with Crippen LogP contribution in [0.25, 0.3) is 10.9 Å². The molecular formula is C10H4N4. The molecule has 1 aliphatic heterocycles. The van der Waals surface area contributed by atoms with E-state index in [4.69, 9.17) is 5.26 Å². The molecule has 0 unspecified atom stereocenters. The summed E-state index contributed by atoms with van der Waals surface area (Å²) in [5, 5.41) is 9.64. The predicted molar refractivity (Wildman–Crippen MR) is 51.5 cm³/mol. The van der Waals surface area contributed by atoms with Crippen molar-refractivity contribution in [3.8, 4) is 6.07 Å². The van der Waals surface area contributed by atoms with Gasteiger partial charge in [-0.05, 0) is 6.07 Å². The maximum atomic E-state index is 8.71. The summed E-state index contributed by atoms with van der Waals surface area (Å²) < 4.78 is 0. The lowest BCUT2D eigenvalue weighted by atomic mass is 10.1. The molecule has 3 rings (SSSR count). The Kier molecular flexibility index (Phi) is 1.21. The van der Waals surface area contributed by atoms with Crippen LogP contribution in [0.1, 0.15) is 11.4 Å². The number of nitrogens with zero attached hydrogens (tertiary/aromatic N) is 4. The van der Waals surface area contributed by atoms with Gasteiger partial charge in [0.15, 0.2) is 5.82 Å². The van der Waals surface area contributed by atoms with Crippen LogP contribution in [-0.2, 0) is 0 Å². The van der Waals surface area contributed by atoms with E-state index in [1.165, 1.54) is 0 Å². The zero-order chi connectivity index (χ0) is 9.54. The Labute approximate surface area is 79.6 Å². The van der Waals surface area contributed by atoms with Gasteiger partial charge in [-0.2, -0.15) is 10.2 Å². The van der Waals surface area contributed by atoms with Crippen LogP contribution in [-0.4, -0.2) is 16.2 Å². The number of hydrogen-bond acceptors (Lipinski definition) is 4. The molecule has 14 heavy (non-hydrogen) atoms. The third-order valence-corrected chi connectivity index (χ3v) is 2.16. The van der Waals surface area contributed by atoms with Gasteiger partial charge < -0.3 is 0 Å². The first-order valence-electron chi connectivity index (χ1n) is 4.13. The van der Waals surface area contributed by atoms with Crippen molar-refractivity contribution in [2.45, 2.75) is 0 Å². The van der Waals surface area contributed by atoms with E-state index in [2.05, 4.69) is 15.0 Å². The quantitative estimate of drug-likeness (QED) is 0.527. The molecule has 0 aliphatic carbocycles. The number of aliphatic imine (C=N–C) groups is 1. The molecule has 4 nitrogen and oxygen atoms in total. The average Bonchev–Trinajstić information content (AvgIpc) is 2.64. The summed E-state index contributed by atoms with van der Waals surface area (Å²) in [6.45, 7) is 0. The minimum absolute atomic E-state index is 0.170. The number of aromatic nitrogens is 2. The highest BCUT2D eigenvalue weighted by atomic mass is 15.0. The largest absolute Gasteiger partial charge is 0.236 e. The van der Waals surface area contributed by atoms with Gasteiger partial charge >= 0.3 is 0 Å². The molecule has 2 aromatic rings. The lowest BCUT2D eigenvalue weighted by Gasteiger charge is -1.98. The summed E-state index contributed by atoms with van der Waals surface area (Å²) in [5.74, 6) is 0.769. The molecule has 64 valence electrons. The van der Waals surface area contributed by atoms with Crippen molar-refractivity contribution in [3.63, 3.8) is 0 Å². The Morgan fingerprint density at radius 1 is 1.21 bits per heavy atom. The molecule has 1 aliphatic rings. The Morgan fingerprint density at radius 2 is 2.14 bits per heavy atom. The molecule has 1 aromatic carbocycles. The van der Waals surface area contributed by atoms with Crippen LogP contribution in [0.3, 0.4) is 0 Å². The van der Waals surface area contributed by atoms with Crippen molar-refractivity contribution >= 4 is 22.9 Å². The Bertz CT molecular complexity index is 607. The van der Waals surface area contributed by atoms with Crippen LogP contribution in [0.2, 0.25) is 0 Å². The normalized spacial score (nSPS) is 11.9. The second-order valence-electron chi connectivity index (χ2n) is 2.98. The minimum atomic E-state index is 0.170. The first kappa shape index (κ1) is 7.15. The molecule has 0 amide bonds. The van der Waals surface area contributed by atoms with Gasteiger partial charge in [-0.3, -0.25) is 0 Å². The van der Waals surface area contributed by atoms with Crippen LogP contribution in [0, 0.1) is 11.3 Å². The molecule has 0 spiro atoms. The van der Waals surface area contributed by atoms with Crippen LogP contribution in [0.4, 0.5) is 5.82 Å². The summed E-state index contributed by atoms with van der Waals surface area (Å²) in [6.07, 6.45) is 1.74. The Morgan fingerprint density at radius 3 is 3.00 bits per heavy atom. The molecule has 0 saturated heterocycles. The van der Waals surface area contributed by atoms with E-state index < -0.39 is 0 Å². The van der Waals surface area contributed by atoms with Gasteiger partial charge in [0.1, 0.15) is 6.07 Å². The number of nitriles is 1. The van der Waals surface area contributed by atoms with E-state index in [1.807, 2.05) is 24.3 Å². The van der Waals surface area contributed by atoms with Crippen molar-refractivity contribution in [2.24, 2.45) is 4.99 Å². The van der Waals surface area contributed by atoms with Gasteiger partial charge in [-0.15, -0.1) is 0 Å². The second-order valence-corrected chi connectivity index (χ2v) is 2.98. The zero-order valence-corrected chi connectivity index (χ0v) is 7.10. The number of rotatable bonds is 0. The molecule has 1 aromatic heterocycles. The zero-order valence-electron chi connectivity index (χ0n) is 7.10. The molecular weight excluding hydrogens is 176 g/mol. The lowest BCUT2D eigenvalue weighted by molar-refractivity contribution is 1.15. The SMILES string of the molecule is N#Cc1nc2c3c(cccc3n1)C=N2. The molecule has 0 atom stereocenters. The van der Waals surface area contributed by atoms with Gasteiger partial charge in [-0.25, -0.2) is 9.98 Å². The maximum absolute atomic E-state index is 8.71. The molecule has 0 fully saturated rings. The topological polar surface area (TPSA) is 61.9 Å². The van der Waals surface area contributed by atoms with E-state index >= 15 is 0 Å². The first-order valence-corrected chi connectivity index (χ1v) is 4.13.